The van der Waals surface area contributed by atoms with Gasteiger partial charge in [-0.1, -0.05) is 12.1 Å². The number of hydrogen-bond acceptors (Lipinski definition) is 4. The van der Waals surface area contributed by atoms with Gasteiger partial charge in [0.05, 0.1) is 0 Å². The summed E-state index contributed by atoms with van der Waals surface area (Å²) in [5.74, 6) is 0.305. The van der Waals surface area contributed by atoms with Crippen molar-refractivity contribution in [2.24, 2.45) is 7.05 Å². The molecule has 0 spiro atoms. The van der Waals surface area contributed by atoms with Gasteiger partial charge in [-0.15, -0.1) is 0 Å². The number of nitrogens with zero attached hydrogens (tertiary/aromatic N) is 3. The van der Waals surface area contributed by atoms with Crippen LogP contribution < -0.4 is 5.32 Å². The van der Waals surface area contributed by atoms with Gasteiger partial charge in [-0.25, -0.2) is 8.78 Å². The van der Waals surface area contributed by atoms with Crippen molar-refractivity contribution in [2.45, 2.75) is 31.8 Å². The molecule has 28 heavy (non-hydrogen) atoms. The molecule has 1 N–H and O–H groups in total. The predicted molar refractivity (Wildman–Crippen MR) is 105 cm³/mol. The summed E-state index contributed by atoms with van der Waals surface area (Å²) in [6.07, 6.45) is 2.35. The van der Waals surface area contributed by atoms with Gasteiger partial charge in [0.1, 0.15) is 0 Å². The minimum Gasteiger partial charge on any atom is -0.336 e. The lowest BCUT2D eigenvalue weighted by Crippen LogP contribution is -2.39. The van der Waals surface area contributed by atoms with Gasteiger partial charge in [-0.05, 0) is 25.3 Å². The third-order valence-corrected chi connectivity index (χ3v) is 6.51. The van der Waals surface area contributed by atoms with Crippen molar-refractivity contribution in [1.29, 1.82) is 0 Å². The molecule has 0 bridgehead atoms. The molecular weight excluding hydrogens is 382 g/mol. The molecule has 5 nitrogen and oxygen atoms in total. The van der Waals surface area contributed by atoms with Crippen LogP contribution in [0, 0.1) is 11.6 Å². The number of fused-ring (bicyclic) bond motifs is 1. The molecule has 1 fully saturated rings. The summed E-state index contributed by atoms with van der Waals surface area (Å²) in [6.45, 7) is 1.78. The number of aromatic nitrogens is 2. The summed E-state index contributed by atoms with van der Waals surface area (Å²) in [5.41, 5.74) is 2.96. The average Bonchev–Trinajstić information content (AvgIpc) is 3.05. The highest BCUT2D eigenvalue weighted by Crippen LogP contribution is 2.26. The molecule has 2 heterocycles. The Balaban J connectivity index is 1.48. The molecule has 1 aromatic heterocycles. The highest BCUT2D eigenvalue weighted by atomic mass is 32.2. The largest absolute Gasteiger partial charge is 0.336 e. The Morgan fingerprint density at radius 3 is 2.89 bits per heavy atom. The SMILES string of the molecule is Cn1nc(C(=O)N2CCSCC2)c2c1CCC(NCc1cccc(F)c1F)C2. The van der Waals surface area contributed by atoms with Crippen molar-refractivity contribution in [3.05, 3.63) is 52.3 Å². The number of thioether (sulfide) groups is 1. The van der Waals surface area contributed by atoms with Gasteiger partial charge in [0.15, 0.2) is 17.3 Å². The number of rotatable bonds is 4. The van der Waals surface area contributed by atoms with Crippen LogP contribution in [0.4, 0.5) is 8.78 Å². The lowest BCUT2D eigenvalue weighted by Gasteiger charge is -2.27. The summed E-state index contributed by atoms with van der Waals surface area (Å²) in [6, 6.07) is 4.33. The molecule has 1 aliphatic heterocycles. The number of halogens is 2. The maximum atomic E-state index is 13.9. The summed E-state index contributed by atoms with van der Waals surface area (Å²) < 4.78 is 29.1. The quantitative estimate of drug-likeness (QED) is 0.848. The topological polar surface area (TPSA) is 50.2 Å². The van der Waals surface area contributed by atoms with Crippen molar-refractivity contribution in [2.75, 3.05) is 24.6 Å². The lowest BCUT2D eigenvalue weighted by atomic mass is 9.91. The van der Waals surface area contributed by atoms with Crippen LogP contribution in [-0.4, -0.2) is 51.2 Å². The first-order valence-electron chi connectivity index (χ1n) is 9.62. The first-order chi connectivity index (χ1) is 13.5. The number of carbonyl (C=O) groups is 1. The maximum absolute atomic E-state index is 13.9. The van der Waals surface area contributed by atoms with E-state index in [1.165, 1.54) is 6.07 Å². The van der Waals surface area contributed by atoms with Crippen LogP contribution in [0.1, 0.15) is 33.7 Å². The van der Waals surface area contributed by atoms with E-state index in [1.54, 1.807) is 6.07 Å². The summed E-state index contributed by atoms with van der Waals surface area (Å²) in [5, 5.41) is 7.86. The monoisotopic (exact) mass is 406 g/mol. The lowest BCUT2D eigenvalue weighted by molar-refractivity contribution is 0.0764. The zero-order valence-electron chi connectivity index (χ0n) is 15.9. The van der Waals surface area contributed by atoms with Crippen LogP contribution in [0.15, 0.2) is 18.2 Å². The maximum Gasteiger partial charge on any atom is 0.274 e. The van der Waals surface area contributed by atoms with Gasteiger partial charge in [0, 0.05) is 61.1 Å². The molecule has 1 aromatic carbocycles. The second-order valence-electron chi connectivity index (χ2n) is 7.34. The van der Waals surface area contributed by atoms with Crippen LogP contribution in [-0.2, 0) is 26.4 Å². The minimum absolute atomic E-state index is 0.00831. The first kappa shape index (κ1) is 19.4. The van der Waals surface area contributed by atoms with Crippen molar-refractivity contribution >= 4 is 17.7 Å². The highest BCUT2D eigenvalue weighted by molar-refractivity contribution is 7.99. The molecule has 0 radical (unpaired) electrons. The smallest absolute Gasteiger partial charge is 0.274 e. The first-order valence-corrected chi connectivity index (χ1v) is 10.8. The van der Waals surface area contributed by atoms with Gasteiger partial charge in [0.25, 0.3) is 5.91 Å². The van der Waals surface area contributed by atoms with Crippen LogP contribution in [0.2, 0.25) is 0 Å². The van der Waals surface area contributed by atoms with Crippen molar-refractivity contribution in [3.63, 3.8) is 0 Å². The fourth-order valence-electron chi connectivity index (χ4n) is 3.99. The van der Waals surface area contributed by atoms with E-state index in [-0.39, 0.29) is 18.5 Å². The molecule has 1 unspecified atom stereocenters. The van der Waals surface area contributed by atoms with Gasteiger partial charge >= 0.3 is 0 Å². The Morgan fingerprint density at radius 2 is 2.11 bits per heavy atom. The Labute approximate surface area is 167 Å². The number of amides is 1. The second kappa shape index (κ2) is 8.21. The van der Waals surface area contributed by atoms with E-state index in [0.29, 0.717) is 17.7 Å². The van der Waals surface area contributed by atoms with Gasteiger partial charge in [0.2, 0.25) is 0 Å². The van der Waals surface area contributed by atoms with E-state index in [1.807, 2.05) is 28.4 Å². The van der Waals surface area contributed by atoms with E-state index >= 15 is 0 Å². The second-order valence-corrected chi connectivity index (χ2v) is 8.56. The predicted octanol–water partition coefficient (Wildman–Crippen LogP) is 2.53. The number of nitrogens with one attached hydrogen (secondary N) is 1. The van der Waals surface area contributed by atoms with E-state index in [4.69, 9.17) is 0 Å². The van der Waals surface area contributed by atoms with E-state index in [9.17, 15) is 13.6 Å². The Hall–Kier alpha value is -1.93. The molecule has 2 aliphatic rings. The Kier molecular flexibility index (Phi) is 5.68. The molecule has 1 amide bonds. The van der Waals surface area contributed by atoms with Crippen LogP contribution in [0.5, 0.6) is 0 Å². The molecule has 1 atom stereocenters. The van der Waals surface area contributed by atoms with Gasteiger partial charge in [-0.3, -0.25) is 9.48 Å². The summed E-state index contributed by atoms with van der Waals surface area (Å²) in [7, 11) is 1.89. The van der Waals surface area contributed by atoms with Crippen molar-refractivity contribution in [1.82, 2.24) is 20.0 Å². The van der Waals surface area contributed by atoms with Crippen LogP contribution in [0.25, 0.3) is 0 Å². The molecule has 2 aromatic rings. The number of benzene rings is 1. The van der Waals surface area contributed by atoms with Crippen molar-refractivity contribution in [3.8, 4) is 0 Å². The molecule has 1 saturated heterocycles. The standard InChI is InChI=1S/C20H24F2N4OS/c1-25-17-6-5-14(23-12-13-3-2-4-16(21)18(13)22)11-15(17)19(24-25)20(27)26-7-9-28-10-8-26/h2-4,14,23H,5-12H2,1H3. The third-order valence-electron chi connectivity index (χ3n) is 5.57. The van der Waals surface area contributed by atoms with Gasteiger partial charge in [-0.2, -0.15) is 16.9 Å². The third kappa shape index (κ3) is 3.80. The molecule has 0 saturated carbocycles. The molecule has 4 rings (SSSR count). The zero-order valence-corrected chi connectivity index (χ0v) is 16.7. The molecule has 8 heteroatoms. The molecule has 150 valence electrons. The minimum atomic E-state index is -0.829. The van der Waals surface area contributed by atoms with Crippen LogP contribution in [0.3, 0.4) is 0 Å². The molecular formula is C20H24F2N4OS. The Bertz CT molecular complexity index is 879. The number of carbonyl (C=O) groups excluding carboxylic acids is 1. The average molecular weight is 407 g/mol. The normalized spacial score (nSPS) is 19.5. The summed E-state index contributed by atoms with van der Waals surface area (Å²) in [4.78, 5) is 14.9. The van der Waals surface area contributed by atoms with Crippen molar-refractivity contribution < 1.29 is 13.6 Å². The fourth-order valence-corrected chi connectivity index (χ4v) is 4.89. The Morgan fingerprint density at radius 1 is 1.32 bits per heavy atom. The van der Waals surface area contributed by atoms with Gasteiger partial charge < -0.3 is 10.2 Å². The highest BCUT2D eigenvalue weighted by Gasteiger charge is 2.30. The molecule has 1 aliphatic carbocycles. The van der Waals surface area contributed by atoms with E-state index < -0.39 is 11.6 Å². The zero-order chi connectivity index (χ0) is 19.7. The summed E-state index contributed by atoms with van der Waals surface area (Å²) >= 11 is 1.87. The number of aryl methyl sites for hydroxylation is 1. The number of hydrogen-bond donors (Lipinski definition) is 1. The van der Waals surface area contributed by atoms with E-state index in [0.717, 1.165) is 54.8 Å². The fraction of sp³-hybridized carbons (Fsp3) is 0.500. The van der Waals surface area contributed by atoms with Crippen LogP contribution >= 0.6 is 11.8 Å². The van der Waals surface area contributed by atoms with E-state index in [2.05, 4.69) is 10.4 Å².